The molecule has 0 aromatic heterocycles. The SMILES string of the molecule is CCNCCNCC(C)(C)c1ccc(F)cc1F. The summed E-state index contributed by atoms with van der Waals surface area (Å²) < 4.78 is 26.6. The second-order valence-corrected chi connectivity index (χ2v) is 5.04. The average Bonchev–Trinajstić information content (AvgIpc) is 2.28. The first-order valence-electron chi connectivity index (χ1n) is 6.34. The predicted molar refractivity (Wildman–Crippen MR) is 70.8 cm³/mol. The van der Waals surface area contributed by atoms with E-state index in [1.54, 1.807) is 0 Å². The summed E-state index contributed by atoms with van der Waals surface area (Å²) >= 11 is 0. The van der Waals surface area contributed by atoms with Crippen LogP contribution in [0.15, 0.2) is 18.2 Å². The number of likely N-dealkylation sites (N-methyl/N-ethyl adjacent to an activating group) is 1. The van der Waals surface area contributed by atoms with Crippen LogP contribution in [0.3, 0.4) is 0 Å². The van der Waals surface area contributed by atoms with Gasteiger partial charge in [0, 0.05) is 31.1 Å². The summed E-state index contributed by atoms with van der Waals surface area (Å²) in [4.78, 5) is 0. The van der Waals surface area contributed by atoms with E-state index in [1.807, 2.05) is 13.8 Å². The van der Waals surface area contributed by atoms with E-state index in [0.29, 0.717) is 12.1 Å². The normalized spacial score (nSPS) is 11.8. The number of nitrogens with one attached hydrogen (secondary N) is 2. The molecule has 0 spiro atoms. The van der Waals surface area contributed by atoms with Crippen molar-refractivity contribution in [3.8, 4) is 0 Å². The lowest BCUT2D eigenvalue weighted by Crippen LogP contribution is -2.37. The summed E-state index contributed by atoms with van der Waals surface area (Å²) in [6.45, 7) is 9.27. The van der Waals surface area contributed by atoms with Gasteiger partial charge in [-0.05, 0) is 18.2 Å². The molecule has 1 rings (SSSR count). The van der Waals surface area contributed by atoms with Crippen LogP contribution in [0.25, 0.3) is 0 Å². The van der Waals surface area contributed by atoms with Gasteiger partial charge in [0.1, 0.15) is 11.6 Å². The molecule has 0 amide bonds. The Morgan fingerprint density at radius 1 is 1.11 bits per heavy atom. The molecule has 1 aromatic rings. The molecule has 4 heteroatoms. The maximum atomic E-state index is 13.7. The number of rotatable bonds is 7. The maximum absolute atomic E-state index is 13.7. The lowest BCUT2D eigenvalue weighted by molar-refractivity contribution is 0.440. The summed E-state index contributed by atoms with van der Waals surface area (Å²) in [6, 6.07) is 3.77. The van der Waals surface area contributed by atoms with Crippen molar-refractivity contribution < 1.29 is 8.78 Å². The zero-order valence-corrected chi connectivity index (χ0v) is 11.3. The fourth-order valence-electron chi connectivity index (χ4n) is 1.89. The van der Waals surface area contributed by atoms with E-state index in [9.17, 15) is 8.78 Å². The number of hydrogen-bond acceptors (Lipinski definition) is 2. The Bertz CT molecular complexity index is 378. The van der Waals surface area contributed by atoms with Gasteiger partial charge in [-0.1, -0.05) is 26.8 Å². The van der Waals surface area contributed by atoms with Gasteiger partial charge in [-0.2, -0.15) is 0 Å². The second kappa shape index (κ2) is 6.81. The standard InChI is InChI=1S/C14H22F2N2/c1-4-17-7-8-18-10-14(2,3)12-6-5-11(15)9-13(12)16/h5-6,9,17-18H,4,7-8,10H2,1-3H3. The van der Waals surface area contributed by atoms with Gasteiger partial charge in [0.25, 0.3) is 0 Å². The quantitative estimate of drug-likeness (QED) is 0.732. The van der Waals surface area contributed by atoms with Crippen molar-refractivity contribution >= 4 is 0 Å². The molecule has 0 radical (unpaired) electrons. The second-order valence-electron chi connectivity index (χ2n) is 5.04. The van der Waals surface area contributed by atoms with Gasteiger partial charge in [-0.15, -0.1) is 0 Å². The number of hydrogen-bond donors (Lipinski definition) is 2. The van der Waals surface area contributed by atoms with E-state index < -0.39 is 11.6 Å². The van der Waals surface area contributed by atoms with Crippen molar-refractivity contribution in [3.05, 3.63) is 35.4 Å². The maximum Gasteiger partial charge on any atom is 0.129 e. The summed E-state index contributed by atoms with van der Waals surface area (Å²) in [5, 5.41) is 6.48. The van der Waals surface area contributed by atoms with Crippen LogP contribution in [-0.4, -0.2) is 26.2 Å². The minimum atomic E-state index is -0.535. The van der Waals surface area contributed by atoms with E-state index in [0.717, 1.165) is 25.7 Å². The molecule has 0 aliphatic heterocycles. The van der Waals surface area contributed by atoms with Gasteiger partial charge in [-0.3, -0.25) is 0 Å². The van der Waals surface area contributed by atoms with Gasteiger partial charge in [0.15, 0.2) is 0 Å². The van der Waals surface area contributed by atoms with Crippen molar-refractivity contribution in [3.63, 3.8) is 0 Å². The van der Waals surface area contributed by atoms with E-state index >= 15 is 0 Å². The Labute approximate surface area is 108 Å². The molecule has 2 N–H and O–H groups in total. The molecule has 1 aromatic carbocycles. The third kappa shape index (κ3) is 4.35. The van der Waals surface area contributed by atoms with Crippen molar-refractivity contribution in [2.75, 3.05) is 26.2 Å². The first kappa shape index (κ1) is 15.1. The molecule has 0 aliphatic carbocycles. The van der Waals surface area contributed by atoms with Crippen molar-refractivity contribution in [2.24, 2.45) is 0 Å². The molecule has 0 bridgehead atoms. The molecule has 0 aliphatic rings. The van der Waals surface area contributed by atoms with Crippen LogP contribution in [0, 0.1) is 11.6 Å². The topological polar surface area (TPSA) is 24.1 Å². The van der Waals surface area contributed by atoms with E-state index in [4.69, 9.17) is 0 Å². The van der Waals surface area contributed by atoms with Crippen LogP contribution in [-0.2, 0) is 5.41 Å². The Kier molecular flexibility index (Phi) is 5.69. The highest BCUT2D eigenvalue weighted by Crippen LogP contribution is 2.25. The highest BCUT2D eigenvalue weighted by atomic mass is 19.1. The van der Waals surface area contributed by atoms with Gasteiger partial charge in [0.2, 0.25) is 0 Å². The smallest absolute Gasteiger partial charge is 0.129 e. The van der Waals surface area contributed by atoms with Crippen LogP contribution in [0.5, 0.6) is 0 Å². The number of benzene rings is 1. The molecule has 0 saturated heterocycles. The first-order chi connectivity index (χ1) is 8.47. The van der Waals surface area contributed by atoms with Crippen molar-refractivity contribution in [2.45, 2.75) is 26.2 Å². The molecule has 18 heavy (non-hydrogen) atoms. The van der Waals surface area contributed by atoms with Crippen LogP contribution in [0.2, 0.25) is 0 Å². The van der Waals surface area contributed by atoms with Gasteiger partial charge >= 0.3 is 0 Å². The third-order valence-electron chi connectivity index (χ3n) is 2.96. The highest BCUT2D eigenvalue weighted by Gasteiger charge is 2.23. The molecule has 0 saturated carbocycles. The summed E-state index contributed by atoms with van der Waals surface area (Å²) in [5.41, 5.74) is 0.184. The summed E-state index contributed by atoms with van der Waals surface area (Å²) in [5.74, 6) is -1.01. The predicted octanol–water partition coefficient (Wildman–Crippen LogP) is 2.44. The molecule has 0 unspecified atom stereocenters. The number of halogens is 2. The molecular weight excluding hydrogens is 234 g/mol. The van der Waals surface area contributed by atoms with Gasteiger partial charge < -0.3 is 10.6 Å². The van der Waals surface area contributed by atoms with Crippen LogP contribution in [0.1, 0.15) is 26.3 Å². The van der Waals surface area contributed by atoms with E-state index in [-0.39, 0.29) is 5.41 Å². The average molecular weight is 256 g/mol. The molecular formula is C14H22F2N2. The minimum absolute atomic E-state index is 0.357. The fourth-order valence-corrected chi connectivity index (χ4v) is 1.89. The molecule has 0 atom stereocenters. The highest BCUT2D eigenvalue weighted by molar-refractivity contribution is 5.26. The fraction of sp³-hybridized carbons (Fsp3) is 0.571. The van der Waals surface area contributed by atoms with E-state index in [1.165, 1.54) is 12.1 Å². The molecule has 0 heterocycles. The Balaban J connectivity index is 2.56. The van der Waals surface area contributed by atoms with Gasteiger partial charge in [0.05, 0.1) is 0 Å². The molecule has 2 nitrogen and oxygen atoms in total. The zero-order chi connectivity index (χ0) is 13.6. The van der Waals surface area contributed by atoms with Crippen LogP contribution < -0.4 is 10.6 Å². The Hall–Kier alpha value is -1.00. The molecule has 102 valence electrons. The summed E-state index contributed by atoms with van der Waals surface area (Å²) in [7, 11) is 0. The van der Waals surface area contributed by atoms with Crippen molar-refractivity contribution in [1.82, 2.24) is 10.6 Å². The first-order valence-corrected chi connectivity index (χ1v) is 6.34. The lowest BCUT2D eigenvalue weighted by Gasteiger charge is -2.26. The van der Waals surface area contributed by atoms with Crippen LogP contribution in [0.4, 0.5) is 8.78 Å². The Morgan fingerprint density at radius 2 is 1.78 bits per heavy atom. The zero-order valence-electron chi connectivity index (χ0n) is 11.3. The third-order valence-corrected chi connectivity index (χ3v) is 2.96. The van der Waals surface area contributed by atoms with Gasteiger partial charge in [-0.25, -0.2) is 8.78 Å². The Morgan fingerprint density at radius 3 is 2.39 bits per heavy atom. The summed E-state index contributed by atoms with van der Waals surface area (Å²) in [6.07, 6.45) is 0. The monoisotopic (exact) mass is 256 g/mol. The largest absolute Gasteiger partial charge is 0.316 e. The molecule has 0 fully saturated rings. The minimum Gasteiger partial charge on any atom is -0.316 e. The van der Waals surface area contributed by atoms with Crippen LogP contribution >= 0.6 is 0 Å². The lowest BCUT2D eigenvalue weighted by atomic mass is 9.84. The van der Waals surface area contributed by atoms with E-state index in [2.05, 4.69) is 17.6 Å². The van der Waals surface area contributed by atoms with Crippen molar-refractivity contribution in [1.29, 1.82) is 0 Å².